The predicted octanol–water partition coefficient (Wildman–Crippen LogP) is 4.80. The first-order chi connectivity index (χ1) is 11.4. The van der Waals surface area contributed by atoms with Crippen LogP contribution in [0.25, 0.3) is 6.08 Å². The highest BCUT2D eigenvalue weighted by molar-refractivity contribution is 9.10. The largest absolute Gasteiger partial charge is 0.481 e. The first-order valence-corrected chi connectivity index (χ1v) is 8.46. The molecule has 0 fully saturated rings. The maximum absolute atomic E-state index is 13.9. The van der Waals surface area contributed by atoms with Gasteiger partial charge in [-0.1, -0.05) is 15.9 Å². The molecule has 0 atom stereocenters. The van der Waals surface area contributed by atoms with Crippen LogP contribution in [-0.4, -0.2) is 22.6 Å². The lowest BCUT2D eigenvalue weighted by molar-refractivity contribution is -0.133. The Morgan fingerprint density at radius 3 is 2.54 bits per heavy atom. The molecule has 0 spiro atoms. The Labute approximate surface area is 149 Å². The van der Waals surface area contributed by atoms with Crippen LogP contribution in [0.1, 0.15) is 15.9 Å². The second-order valence-corrected chi connectivity index (χ2v) is 6.62. The zero-order chi connectivity index (χ0) is 17.7. The van der Waals surface area contributed by atoms with Crippen molar-refractivity contribution < 1.29 is 23.5 Å². The summed E-state index contributed by atoms with van der Waals surface area (Å²) in [4.78, 5) is 22.7. The minimum atomic E-state index is -1.06. The number of allylic oxidation sites excluding steroid dienone is 1. The number of halogens is 3. The molecule has 0 radical (unpaired) electrons. The zero-order valence-electron chi connectivity index (χ0n) is 12.1. The lowest BCUT2D eigenvalue weighted by atomic mass is 10.1. The van der Waals surface area contributed by atoms with Crippen LogP contribution in [0.5, 0.6) is 0 Å². The number of hydrogen-bond donors (Lipinski definition) is 1. The van der Waals surface area contributed by atoms with Crippen molar-refractivity contribution in [3.8, 4) is 0 Å². The summed E-state index contributed by atoms with van der Waals surface area (Å²) in [5, 5.41) is 8.59. The molecule has 0 aliphatic rings. The monoisotopic (exact) mass is 412 g/mol. The molecule has 24 heavy (non-hydrogen) atoms. The molecule has 0 bridgehead atoms. The van der Waals surface area contributed by atoms with Gasteiger partial charge in [0, 0.05) is 20.5 Å². The van der Waals surface area contributed by atoms with E-state index >= 15 is 0 Å². The maximum Gasteiger partial charge on any atom is 0.313 e. The molecule has 0 saturated heterocycles. The summed E-state index contributed by atoms with van der Waals surface area (Å²) in [6.45, 7) is 0. The van der Waals surface area contributed by atoms with Crippen LogP contribution in [0, 0.1) is 11.6 Å². The Morgan fingerprint density at radius 2 is 1.88 bits per heavy atom. The van der Waals surface area contributed by atoms with Gasteiger partial charge in [-0.15, -0.1) is 11.8 Å². The fourth-order valence-corrected chi connectivity index (χ4v) is 2.83. The molecule has 3 nitrogen and oxygen atoms in total. The minimum Gasteiger partial charge on any atom is -0.481 e. The number of carboxylic acids is 1. The Morgan fingerprint density at radius 1 is 1.12 bits per heavy atom. The SMILES string of the molecule is O=C(O)CSc1ccc(C(=O)/C=C/c2cc(Br)ccc2F)cc1F. The molecule has 2 aromatic rings. The summed E-state index contributed by atoms with van der Waals surface area (Å²) in [6, 6.07) is 8.11. The van der Waals surface area contributed by atoms with E-state index < -0.39 is 23.4 Å². The van der Waals surface area contributed by atoms with E-state index in [0.717, 1.165) is 23.9 Å². The summed E-state index contributed by atoms with van der Waals surface area (Å²) in [6.07, 6.45) is 2.47. The third-order valence-corrected chi connectivity index (χ3v) is 4.47. The van der Waals surface area contributed by atoms with E-state index in [1.54, 1.807) is 0 Å². The molecule has 0 amide bonds. The molecule has 0 unspecified atom stereocenters. The molecule has 124 valence electrons. The topological polar surface area (TPSA) is 54.4 Å². The van der Waals surface area contributed by atoms with Crippen molar-refractivity contribution in [1.82, 2.24) is 0 Å². The van der Waals surface area contributed by atoms with Crippen molar-refractivity contribution >= 4 is 45.5 Å². The first kappa shape index (κ1) is 18.4. The van der Waals surface area contributed by atoms with Crippen molar-refractivity contribution in [2.45, 2.75) is 4.90 Å². The third-order valence-electron chi connectivity index (χ3n) is 2.94. The van der Waals surface area contributed by atoms with E-state index in [1.807, 2.05) is 0 Å². The number of thioether (sulfide) groups is 1. The summed E-state index contributed by atoms with van der Waals surface area (Å²) in [5.41, 5.74) is 0.325. The van der Waals surface area contributed by atoms with Crippen molar-refractivity contribution in [2.75, 3.05) is 5.75 Å². The van der Waals surface area contributed by atoms with Gasteiger partial charge in [-0.3, -0.25) is 9.59 Å². The van der Waals surface area contributed by atoms with Crippen molar-refractivity contribution in [1.29, 1.82) is 0 Å². The van der Waals surface area contributed by atoms with Gasteiger partial charge >= 0.3 is 5.97 Å². The summed E-state index contributed by atoms with van der Waals surface area (Å²) >= 11 is 4.04. The minimum absolute atomic E-state index is 0.0961. The molecule has 0 saturated carbocycles. The van der Waals surface area contributed by atoms with Gasteiger partial charge < -0.3 is 5.11 Å². The van der Waals surface area contributed by atoms with Gasteiger partial charge in [0.2, 0.25) is 0 Å². The summed E-state index contributed by atoms with van der Waals surface area (Å²) in [7, 11) is 0. The van der Waals surface area contributed by atoms with E-state index in [1.165, 1.54) is 36.4 Å². The van der Waals surface area contributed by atoms with Gasteiger partial charge in [0.05, 0.1) is 5.75 Å². The number of carboxylic acid groups (broad SMARTS) is 1. The molecule has 0 heterocycles. The lowest BCUT2D eigenvalue weighted by Crippen LogP contribution is -2.00. The summed E-state index contributed by atoms with van der Waals surface area (Å²) < 4.78 is 28.1. The molecular weight excluding hydrogens is 402 g/mol. The Balaban J connectivity index is 2.15. The van der Waals surface area contributed by atoms with Gasteiger partial charge in [0.15, 0.2) is 5.78 Å². The molecule has 7 heteroatoms. The smallest absolute Gasteiger partial charge is 0.313 e. The number of benzene rings is 2. The van der Waals surface area contributed by atoms with Crippen LogP contribution in [0.3, 0.4) is 0 Å². The Kier molecular flexibility index (Phi) is 6.28. The standard InChI is InChI=1S/C17H11BrF2O3S/c18-12-3-4-13(19)10(7-12)1-5-15(21)11-2-6-16(14(20)8-11)24-9-17(22)23/h1-8H,9H2,(H,22,23)/b5-1+. The average molecular weight is 413 g/mol. The molecule has 0 aliphatic carbocycles. The quantitative estimate of drug-likeness (QED) is 0.420. The second-order valence-electron chi connectivity index (χ2n) is 4.69. The van der Waals surface area contributed by atoms with Gasteiger partial charge in [0.25, 0.3) is 0 Å². The van der Waals surface area contributed by atoms with Crippen LogP contribution in [0.15, 0.2) is 51.8 Å². The van der Waals surface area contributed by atoms with Gasteiger partial charge in [-0.2, -0.15) is 0 Å². The zero-order valence-corrected chi connectivity index (χ0v) is 14.5. The molecule has 2 rings (SSSR count). The van der Waals surface area contributed by atoms with Gasteiger partial charge in [-0.05, 0) is 48.6 Å². The highest BCUT2D eigenvalue weighted by Gasteiger charge is 2.10. The number of carbonyl (C=O) groups is 2. The normalized spacial score (nSPS) is 11.0. The summed E-state index contributed by atoms with van der Waals surface area (Å²) in [5.74, 6) is -2.96. The fourth-order valence-electron chi connectivity index (χ4n) is 1.81. The van der Waals surface area contributed by atoms with Crippen molar-refractivity contribution in [2.24, 2.45) is 0 Å². The third kappa shape index (κ3) is 5.01. The highest BCUT2D eigenvalue weighted by Crippen LogP contribution is 2.23. The number of aliphatic carboxylic acids is 1. The van der Waals surface area contributed by atoms with Gasteiger partial charge in [-0.25, -0.2) is 8.78 Å². The van der Waals surface area contributed by atoms with Crippen LogP contribution < -0.4 is 0 Å². The first-order valence-electron chi connectivity index (χ1n) is 6.68. The maximum atomic E-state index is 13.9. The Bertz CT molecular complexity index is 821. The average Bonchev–Trinajstić information content (AvgIpc) is 2.54. The second kappa shape index (κ2) is 8.21. The lowest BCUT2D eigenvalue weighted by Gasteiger charge is -2.03. The van der Waals surface area contributed by atoms with E-state index in [9.17, 15) is 18.4 Å². The number of hydrogen-bond acceptors (Lipinski definition) is 3. The number of rotatable bonds is 6. The van der Waals surface area contributed by atoms with Crippen molar-refractivity contribution in [3.05, 3.63) is 69.7 Å². The van der Waals surface area contributed by atoms with Crippen LogP contribution in [-0.2, 0) is 4.79 Å². The Hall–Kier alpha value is -1.99. The number of carbonyl (C=O) groups excluding carboxylic acids is 1. The number of ketones is 1. The van der Waals surface area contributed by atoms with Crippen LogP contribution >= 0.6 is 27.7 Å². The fraction of sp³-hybridized carbons (Fsp3) is 0.0588. The highest BCUT2D eigenvalue weighted by atomic mass is 79.9. The molecular formula is C17H11BrF2O3S. The predicted molar refractivity (Wildman–Crippen MR) is 92.2 cm³/mol. The van der Waals surface area contributed by atoms with E-state index in [-0.39, 0.29) is 21.8 Å². The van der Waals surface area contributed by atoms with Crippen molar-refractivity contribution in [3.63, 3.8) is 0 Å². The van der Waals surface area contributed by atoms with E-state index in [2.05, 4.69) is 15.9 Å². The molecule has 2 aromatic carbocycles. The molecule has 0 aliphatic heterocycles. The van der Waals surface area contributed by atoms with E-state index in [4.69, 9.17) is 5.11 Å². The molecule has 1 N–H and O–H groups in total. The van der Waals surface area contributed by atoms with Crippen LogP contribution in [0.2, 0.25) is 0 Å². The van der Waals surface area contributed by atoms with Crippen LogP contribution in [0.4, 0.5) is 8.78 Å². The van der Waals surface area contributed by atoms with Gasteiger partial charge in [0.1, 0.15) is 11.6 Å². The molecule has 0 aromatic heterocycles. The van der Waals surface area contributed by atoms with E-state index in [0.29, 0.717) is 4.47 Å².